The SMILES string of the molecule is CCCOc1ccccc1OCCC(CO)NC. The number of benzene rings is 1. The van der Waals surface area contributed by atoms with Gasteiger partial charge in [-0.1, -0.05) is 19.1 Å². The quantitative estimate of drug-likeness (QED) is 0.705. The number of aliphatic hydroxyl groups is 1. The lowest BCUT2D eigenvalue weighted by Gasteiger charge is -2.15. The number of rotatable bonds is 9. The number of para-hydroxylation sites is 2. The Hall–Kier alpha value is -1.26. The van der Waals surface area contributed by atoms with Crippen molar-refractivity contribution in [1.29, 1.82) is 0 Å². The minimum atomic E-state index is 0.0775. The Bertz CT molecular complexity index is 327. The molecule has 0 saturated carbocycles. The van der Waals surface area contributed by atoms with Crippen LogP contribution in [0.5, 0.6) is 11.5 Å². The molecule has 1 rings (SSSR count). The van der Waals surface area contributed by atoms with Crippen LogP contribution in [0.15, 0.2) is 24.3 Å². The molecule has 4 heteroatoms. The summed E-state index contributed by atoms with van der Waals surface area (Å²) in [6.45, 7) is 3.44. The van der Waals surface area contributed by atoms with Gasteiger partial charge in [0.05, 0.1) is 19.8 Å². The maximum absolute atomic E-state index is 9.05. The fourth-order valence-electron chi connectivity index (χ4n) is 1.54. The molecule has 18 heavy (non-hydrogen) atoms. The number of ether oxygens (including phenoxy) is 2. The smallest absolute Gasteiger partial charge is 0.161 e. The monoisotopic (exact) mass is 253 g/mol. The molecule has 1 atom stereocenters. The lowest BCUT2D eigenvalue weighted by atomic mass is 10.2. The van der Waals surface area contributed by atoms with Crippen LogP contribution in [-0.2, 0) is 0 Å². The first-order chi connectivity index (χ1) is 8.81. The third-order valence-corrected chi connectivity index (χ3v) is 2.66. The average Bonchev–Trinajstić information content (AvgIpc) is 2.42. The molecule has 2 N–H and O–H groups in total. The first kappa shape index (κ1) is 14.8. The number of hydrogen-bond donors (Lipinski definition) is 2. The van der Waals surface area contributed by atoms with Crippen LogP contribution in [0.4, 0.5) is 0 Å². The molecule has 0 fully saturated rings. The second-order valence-electron chi connectivity index (χ2n) is 4.10. The summed E-state index contributed by atoms with van der Waals surface area (Å²) in [5.74, 6) is 1.54. The molecular formula is C14H23NO3. The maximum Gasteiger partial charge on any atom is 0.161 e. The van der Waals surface area contributed by atoms with Crippen molar-refractivity contribution < 1.29 is 14.6 Å². The van der Waals surface area contributed by atoms with Crippen LogP contribution in [0.1, 0.15) is 19.8 Å². The molecular weight excluding hydrogens is 230 g/mol. The lowest BCUT2D eigenvalue weighted by Crippen LogP contribution is -2.30. The van der Waals surface area contributed by atoms with Gasteiger partial charge in [-0.15, -0.1) is 0 Å². The van der Waals surface area contributed by atoms with Gasteiger partial charge in [-0.3, -0.25) is 0 Å². The molecule has 0 spiro atoms. The van der Waals surface area contributed by atoms with Crippen LogP contribution in [0, 0.1) is 0 Å². The number of hydrogen-bond acceptors (Lipinski definition) is 4. The summed E-state index contributed by atoms with van der Waals surface area (Å²) in [5.41, 5.74) is 0. The van der Waals surface area contributed by atoms with E-state index in [1.165, 1.54) is 0 Å². The van der Waals surface area contributed by atoms with E-state index >= 15 is 0 Å². The predicted octanol–water partition coefficient (Wildman–Crippen LogP) is 1.82. The van der Waals surface area contributed by atoms with Crippen molar-refractivity contribution in [3.63, 3.8) is 0 Å². The summed E-state index contributed by atoms with van der Waals surface area (Å²) < 4.78 is 11.3. The molecule has 0 aromatic heterocycles. The van der Waals surface area contributed by atoms with E-state index in [0.29, 0.717) is 13.2 Å². The zero-order valence-electron chi connectivity index (χ0n) is 11.2. The summed E-state index contributed by atoms with van der Waals surface area (Å²) in [6, 6.07) is 7.75. The molecule has 0 heterocycles. The van der Waals surface area contributed by atoms with Gasteiger partial charge in [0.2, 0.25) is 0 Å². The third kappa shape index (κ3) is 4.94. The van der Waals surface area contributed by atoms with Gasteiger partial charge in [0.15, 0.2) is 11.5 Å². The van der Waals surface area contributed by atoms with Gasteiger partial charge in [-0.05, 0) is 32.0 Å². The van der Waals surface area contributed by atoms with E-state index in [1.807, 2.05) is 31.3 Å². The van der Waals surface area contributed by atoms with E-state index in [2.05, 4.69) is 12.2 Å². The Morgan fingerprint density at radius 2 is 1.78 bits per heavy atom. The topological polar surface area (TPSA) is 50.7 Å². The highest BCUT2D eigenvalue weighted by Gasteiger charge is 2.07. The molecule has 1 aromatic carbocycles. The molecule has 0 aliphatic carbocycles. The molecule has 1 aromatic rings. The Morgan fingerprint density at radius 1 is 1.17 bits per heavy atom. The molecule has 102 valence electrons. The van der Waals surface area contributed by atoms with Crippen molar-refractivity contribution in [2.75, 3.05) is 26.9 Å². The molecule has 1 unspecified atom stereocenters. The highest BCUT2D eigenvalue weighted by Crippen LogP contribution is 2.26. The molecule has 0 aliphatic heterocycles. The van der Waals surface area contributed by atoms with Crippen LogP contribution >= 0.6 is 0 Å². The van der Waals surface area contributed by atoms with Gasteiger partial charge in [0, 0.05) is 6.04 Å². The second-order valence-corrected chi connectivity index (χ2v) is 4.10. The van der Waals surface area contributed by atoms with Gasteiger partial charge in [-0.25, -0.2) is 0 Å². The van der Waals surface area contributed by atoms with Crippen molar-refractivity contribution >= 4 is 0 Å². The van der Waals surface area contributed by atoms with E-state index in [1.54, 1.807) is 0 Å². The summed E-state index contributed by atoms with van der Waals surface area (Å²) >= 11 is 0. The van der Waals surface area contributed by atoms with Crippen molar-refractivity contribution in [1.82, 2.24) is 5.32 Å². The number of aliphatic hydroxyl groups excluding tert-OH is 1. The Kier molecular flexibility index (Phi) is 7.22. The van der Waals surface area contributed by atoms with Crippen molar-refractivity contribution in [3.05, 3.63) is 24.3 Å². The predicted molar refractivity (Wildman–Crippen MR) is 72.3 cm³/mol. The van der Waals surface area contributed by atoms with Crippen LogP contribution in [0.2, 0.25) is 0 Å². The summed E-state index contributed by atoms with van der Waals surface area (Å²) in [7, 11) is 1.83. The highest BCUT2D eigenvalue weighted by molar-refractivity contribution is 5.39. The molecule has 0 saturated heterocycles. The normalized spacial score (nSPS) is 12.2. The molecule has 0 radical (unpaired) electrons. The average molecular weight is 253 g/mol. The van der Waals surface area contributed by atoms with Crippen LogP contribution in [-0.4, -0.2) is 38.0 Å². The standard InChI is InChI=1S/C14H23NO3/c1-3-9-17-13-6-4-5-7-14(13)18-10-8-12(11-16)15-2/h4-7,12,15-16H,3,8-11H2,1-2H3. The van der Waals surface area contributed by atoms with Gasteiger partial charge in [0.25, 0.3) is 0 Å². The van der Waals surface area contributed by atoms with Crippen molar-refractivity contribution in [3.8, 4) is 11.5 Å². The van der Waals surface area contributed by atoms with E-state index < -0.39 is 0 Å². The highest BCUT2D eigenvalue weighted by atomic mass is 16.5. The minimum absolute atomic E-state index is 0.0775. The first-order valence-electron chi connectivity index (χ1n) is 6.44. The summed E-state index contributed by atoms with van der Waals surface area (Å²) in [4.78, 5) is 0. The zero-order chi connectivity index (χ0) is 13.2. The van der Waals surface area contributed by atoms with Gasteiger partial charge >= 0.3 is 0 Å². The van der Waals surface area contributed by atoms with E-state index in [0.717, 1.165) is 24.3 Å². The molecule has 4 nitrogen and oxygen atoms in total. The van der Waals surface area contributed by atoms with Crippen LogP contribution in [0.25, 0.3) is 0 Å². The third-order valence-electron chi connectivity index (χ3n) is 2.66. The molecule has 0 aliphatic rings. The number of nitrogens with one attached hydrogen (secondary N) is 1. The Morgan fingerprint density at radius 3 is 2.28 bits per heavy atom. The van der Waals surface area contributed by atoms with Crippen molar-refractivity contribution in [2.24, 2.45) is 0 Å². The van der Waals surface area contributed by atoms with Crippen LogP contribution in [0.3, 0.4) is 0 Å². The summed E-state index contributed by atoms with van der Waals surface area (Å²) in [5, 5.41) is 12.1. The zero-order valence-corrected chi connectivity index (χ0v) is 11.2. The first-order valence-corrected chi connectivity index (χ1v) is 6.44. The largest absolute Gasteiger partial charge is 0.490 e. The Labute approximate surface area is 109 Å². The fourth-order valence-corrected chi connectivity index (χ4v) is 1.54. The second kappa shape index (κ2) is 8.78. The maximum atomic E-state index is 9.05. The van der Waals surface area contributed by atoms with Crippen molar-refractivity contribution in [2.45, 2.75) is 25.8 Å². The lowest BCUT2D eigenvalue weighted by molar-refractivity contribution is 0.209. The van der Waals surface area contributed by atoms with Gasteiger partial charge in [0.1, 0.15) is 0 Å². The molecule has 0 bridgehead atoms. The van der Waals surface area contributed by atoms with Crippen LogP contribution < -0.4 is 14.8 Å². The Balaban J connectivity index is 2.45. The van der Waals surface area contributed by atoms with E-state index in [4.69, 9.17) is 14.6 Å². The number of likely N-dealkylation sites (N-methyl/N-ethyl adjacent to an activating group) is 1. The van der Waals surface area contributed by atoms with E-state index in [-0.39, 0.29) is 12.6 Å². The summed E-state index contributed by atoms with van der Waals surface area (Å²) in [6.07, 6.45) is 1.73. The van der Waals surface area contributed by atoms with E-state index in [9.17, 15) is 0 Å². The molecule has 0 amide bonds. The minimum Gasteiger partial charge on any atom is -0.490 e. The fraction of sp³-hybridized carbons (Fsp3) is 0.571. The van der Waals surface area contributed by atoms with Gasteiger partial charge < -0.3 is 19.9 Å². The van der Waals surface area contributed by atoms with Gasteiger partial charge in [-0.2, -0.15) is 0 Å².